The summed E-state index contributed by atoms with van der Waals surface area (Å²) in [4.78, 5) is 11.5. The summed E-state index contributed by atoms with van der Waals surface area (Å²) in [6, 6.07) is 0.245. The summed E-state index contributed by atoms with van der Waals surface area (Å²) < 4.78 is 3.43. The van der Waals surface area contributed by atoms with Crippen molar-refractivity contribution in [1.82, 2.24) is 9.13 Å². The van der Waals surface area contributed by atoms with Gasteiger partial charge in [0, 0.05) is 30.3 Å². The first-order valence-corrected chi connectivity index (χ1v) is 5.12. The number of imidazole rings is 1. The highest BCUT2D eigenvalue weighted by atomic mass is 79.9. The summed E-state index contributed by atoms with van der Waals surface area (Å²) in [6.45, 7) is 4.73. The molecule has 4 heteroatoms. The van der Waals surface area contributed by atoms with Gasteiger partial charge in [-0.1, -0.05) is 15.9 Å². The van der Waals surface area contributed by atoms with Crippen LogP contribution in [0.15, 0.2) is 17.2 Å². The van der Waals surface area contributed by atoms with Gasteiger partial charge in [-0.15, -0.1) is 0 Å². The average Bonchev–Trinajstić information content (AvgIpc) is 2.34. The number of nitrogens with zero attached hydrogens (tertiary/aromatic N) is 2. The second kappa shape index (κ2) is 3.94. The van der Waals surface area contributed by atoms with Crippen molar-refractivity contribution in [2.24, 2.45) is 0 Å². The highest BCUT2D eigenvalue weighted by Gasteiger charge is 2.04. The molecule has 0 bridgehead atoms. The summed E-state index contributed by atoms with van der Waals surface area (Å²) in [5.41, 5.74) is 0.0736. The minimum Gasteiger partial charge on any atom is -0.298 e. The minimum atomic E-state index is 0.0736. The zero-order valence-corrected chi connectivity index (χ0v) is 8.91. The van der Waals surface area contributed by atoms with Crippen LogP contribution in [0.3, 0.4) is 0 Å². The summed E-state index contributed by atoms with van der Waals surface area (Å²) in [6.07, 6.45) is 3.65. The average molecular weight is 233 g/mol. The van der Waals surface area contributed by atoms with Gasteiger partial charge in [0.05, 0.1) is 0 Å². The molecule has 1 aromatic rings. The smallest absolute Gasteiger partial charge is 0.298 e. The zero-order valence-electron chi connectivity index (χ0n) is 7.33. The molecule has 0 aliphatic heterocycles. The summed E-state index contributed by atoms with van der Waals surface area (Å²) in [5, 5.41) is 0.814. The molecule has 0 aliphatic rings. The van der Waals surface area contributed by atoms with Gasteiger partial charge >= 0.3 is 5.69 Å². The van der Waals surface area contributed by atoms with Crippen LogP contribution >= 0.6 is 15.9 Å². The molecule has 0 spiro atoms. The molecule has 0 aliphatic carbocycles. The van der Waals surface area contributed by atoms with Crippen molar-refractivity contribution in [1.29, 1.82) is 0 Å². The molecule has 0 amide bonds. The predicted molar refractivity (Wildman–Crippen MR) is 52.9 cm³/mol. The van der Waals surface area contributed by atoms with E-state index in [0.717, 1.165) is 11.9 Å². The fourth-order valence-electron chi connectivity index (χ4n) is 1.08. The Labute approximate surface area is 80.1 Å². The van der Waals surface area contributed by atoms with Gasteiger partial charge in [0.1, 0.15) is 0 Å². The maximum atomic E-state index is 11.5. The van der Waals surface area contributed by atoms with Gasteiger partial charge in [0.2, 0.25) is 0 Å². The molecular formula is C8H13BrN2O. The van der Waals surface area contributed by atoms with Gasteiger partial charge in [0.15, 0.2) is 0 Å². The van der Waals surface area contributed by atoms with Crippen LogP contribution in [0.5, 0.6) is 0 Å². The van der Waals surface area contributed by atoms with Gasteiger partial charge in [0.25, 0.3) is 0 Å². The quantitative estimate of drug-likeness (QED) is 0.729. The van der Waals surface area contributed by atoms with E-state index < -0.39 is 0 Å². The highest BCUT2D eigenvalue weighted by Crippen LogP contribution is 1.99. The molecule has 12 heavy (non-hydrogen) atoms. The van der Waals surface area contributed by atoms with E-state index in [1.165, 1.54) is 0 Å². The van der Waals surface area contributed by atoms with Gasteiger partial charge < -0.3 is 0 Å². The first-order valence-electron chi connectivity index (χ1n) is 4.00. The van der Waals surface area contributed by atoms with Gasteiger partial charge in [-0.2, -0.15) is 0 Å². The lowest BCUT2D eigenvalue weighted by atomic mass is 10.4. The first kappa shape index (κ1) is 9.58. The Morgan fingerprint density at radius 1 is 1.50 bits per heavy atom. The number of alkyl halides is 1. The fourth-order valence-corrected chi connectivity index (χ4v) is 1.46. The van der Waals surface area contributed by atoms with Crippen LogP contribution in [0.2, 0.25) is 0 Å². The molecule has 0 saturated heterocycles. The second-order valence-corrected chi connectivity index (χ2v) is 3.76. The maximum Gasteiger partial charge on any atom is 0.328 e. The van der Waals surface area contributed by atoms with Crippen LogP contribution in [0, 0.1) is 0 Å². The van der Waals surface area contributed by atoms with Gasteiger partial charge in [-0.05, 0) is 13.8 Å². The fraction of sp³-hybridized carbons (Fsp3) is 0.625. The molecular weight excluding hydrogens is 220 g/mol. The van der Waals surface area contributed by atoms with Crippen molar-refractivity contribution in [3.63, 3.8) is 0 Å². The minimum absolute atomic E-state index is 0.0736. The van der Waals surface area contributed by atoms with Crippen LogP contribution < -0.4 is 5.69 Å². The molecule has 0 aromatic carbocycles. The second-order valence-electron chi connectivity index (χ2n) is 2.96. The van der Waals surface area contributed by atoms with E-state index in [1.807, 2.05) is 26.2 Å². The molecule has 0 fully saturated rings. The topological polar surface area (TPSA) is 26.9 Å². The standard InChI is InChI=1S/C8H13BrN2O/c1-7(2)11-6-5-10(4-3-9)8(11)12/h5-7H,3-4H2,1-2H3. The summed E-state index contributed by atoms with van der Waals surface area (Å²) in [5.74, 6) is 0. The molecule has 0 saturated carbocycles. The number of hydrogen-bond acceptors (Lipinski definition) is 1. The number of hydrogen-bond donors (Lipinski definition) is 0. The number of aromatic nitrogens is 2. The van der Waals surface area contributed by atoms with E-state index in [1.54, 1.807) is 9.13 Å². The van der Waals surface area contributed by atoms with Crippen molar-refractivity contribution in [3.05, 3.63) is 22.9 Å². The van der Waals surface area contributed by atoms with Crippen molar-refractivity contribution >= 4 is 15.9 Å². The van der Waals surface area contributed by atoms with Crippen molar-refractivity contribution in [2.45, 2.75) is 26.4 Å². The van der Waals surface area contributed by atoms with E-state index in [2.05, 4.69) is 15.9 Å². The zero-order chi connectivity index (χ0) is 9.14. The molecule has 0 unspecified atom stereocenters. The van der Waals surface area contributed by atoms with Crippen molar-refractivity contribution in [2.75, 3.05) is 5.33 Å². The van der Waals surface area contributed by atoms with Gasteiger partial charge in [-0.3, -0.25) is 9.13 Å². The number of halogens is 1. The summed E-state index contributed by atoms with van der Waals surface area (Å²) >= 11 is 3.30. The van der Waals surface area contributed by atoms with Crippen LogP contribution in [0.4, 0.5) is 0 Å². The predicted octanol–water partition coefficient (Wildman–Crippen LogP) is 1.63. The molecule has 1 rings (SSSR count). The molecule has 0 atom stereocenters. The normalized spacial score (nSPS) is 11.0. The highest BCUT2D eigenvalue weighted by molar-refractivity contribution is 9.09. The first-order chi connectivity index (χ1) is 5.66. The third-order valence-electron chi connectivity index (χ3n) is 1.76. The number of aryl methyl sites for hydroxylation is 1. The molecule has 0 radical (unpaired) electrons. The van der Waals surface area contributed by atoms with E-state index in [-0.39, 0.29) is 11.7 Å². The Hall–Kier alpha value is -0.510. The number of rotatable bonds is 3. The Balaban J connectivity index is 2.97. The third kappa shape index (κ3) is 1.80. The van der Waals surface area contributed by atoms with Crippen LogP contribution in [0.25, 0.3) is 0 Å². The monoisotopic (exact) mass is 232 g/mol. The molecule has 68 valence electrons. The SMILES string of the molecule is CC(C)n1ccn(CCBr)c1=O. The van der Waals surface area contributed by atoms with Crippen molar-refractivity contribution < 1.29 is 0 Å². The van der Waals surface area contributed by atoms with Crippen LogP contribution in [-0.4, -0.2) is 14.5 Å². The Bertz CT molecular complexity index is 300. The van der Waals surface area contributed by atoms with Crippen LogP contribution in [0.1, 0.15) is 19.9 Å². The van der Waals surface area contributed by atoms with Gasteiger partial charge in [-0.25, -0.2) is 4.79 Å². The van der Waals surface area contributed by atoms with E-state index >= 15 is 0 Å². The molecule has 1 aromatic heterocycles. The van der Waals surface area contributed by atoms with Crippen molar-refractivity contribution in [3.8, 4) is 0 Å². The molecule has 1 heterocycles. The van der Waals surface area contributed by atoms with E-state index in [9.17, 15) is 4.79 Å². The van der Waals surface area contributed by atoms with Crippen LogP contribution in [-0.2, 0) is 6.54 Å². The lowest BCUT2D eigenvalue weighted by Gasteiger charge is -2.03. The third-order valence-corrected chi connectivity index (χ3v) is 2.11. The molecule has 3 nitrogen and oxygen atoms in total. The largest absolute Gasteiger partial charge is 0.328 e. The van der Waals surface area contributed by atoms with E-state index in [4.69, 9.17) is 0 Å². The van der Waals surface area contributed by atoms with E-state index in [0.29, 0.717) is 0 Å². The Morgan fingerprint density at radius 3 is 2.58 bits per heavy atom. The Kier molecular flexibility index (Phi) is 3.14. The summed E-state index contributed by atoms with van der Waals surface area (Å²) in [7, 11) is 0. The Morgan fingerprint density at radius 2 is 2.17 bits per heavy atom. The molecule has 0 N–H and O–H groups in total. The lowest BCUT2D eigenvalue weighted by Crippen LogP contribution is -2.25. The maximum absolute atomic E-state index is 11.5. The lowest BCUT2D eigenvalue weighted by molar-refractivity contribution is 0.559.